The van der Waals surface area contributed by atoms with Gasteiger partial charge in [-0.05, 0) is 37.0 Å². The van der Waals surface area contributed by atoms with Gasteiger partial charge in [-0.2, -0.15) is 0 Å². The van der Waals surface area contributed by atoms with E-state index in [4.69, 9.17) is 0 Å². The first-order valence-corrected chi connectivity index (χ1v) is 7.53. The Morgan fingerprint density at radius 1 is 1.22 bits per heavy atom. The molecule has 2 aliphatic rings. The van der Waals surface area contributed by atoms with Gasteiger partial charge < -0.3 is 5.32 Å². The number of nitrogens with one attached hydrogen (secondary N) is 1. The van der Waals surface area contributed by atoms with Gasteiger partial charge in [-0.1, -0.05) is 30.3 Å². The molecular formula is C16H17NS. The first-order chi connectivity index (χ1) is 8.78. The third-order valence-corrected chi connectivity index (χ3v) is 5.81. The van der Waals surface area contributed by atoms with Gasteiger partial charge in [0.25, 0.3) is 0 Å². The van der Waals surface area contributed by atoms with Crippen molar-refractivity contribution in [3.05, 3.63) is 46.8 Å². The molecule has 1 atom stereocenters. The predicted molar refractivity (Wildman–Crippen MR) is 77.1 cm³/mol. The van der Waals surface area contributed by atoms with Crippen LogP contribution in [0.3, 0.4) is 0 Å². The molecule has 1 spiro atoms. The summed E-state index contributed by atoms with van der Waals surface area (Å²) in [7, 11) is 0. The number of hydrogen-bond acceptors (Lipinski definition) is 2. The third kappa shape index (κ3) is 1.49. The summed E-state index contributed by atoms with van der Waals surface area (Å²) >= 11 is 2.02. The topological polar surface area (TPSA) is 12.0 Å². The van der Waals surface area contributed by atoms with E-state index in [9.17, 15) is 0 Å². The standard InChI is InChI=1S/C16H17NS/c1-11-13-9-14(12-5-3-2-4-6-12)18-15(13)16(7-8-16)10-17-11/h2-6,9,11,17H,7-8,10H2,1H3. The zero-order valence-electron chi connectivity index (χ0n) is 10.6. The van der Waals surface area contributed by atoms with Gasteiger partial charge in [-0.3, -0.25) is 0 Å². The smallest absolute Gasteiger partial charge is 0.0349 e. The minimum atomic E-state index is 0.500. The summed E-state index contributed by atoms with van der Waals surface area (Å²) in [6.45, 7) is 3.46. The molecule has 0 amide bonds. The maximum absolute atomic E-state index is 3.66. The molecule has 0 bridgehead atoms. The molecule has 1 fully saturated rings. The summed E-state index contributed by atoms with van der Waals surface area (Å²) in [6.07, 6.45) is 2.74. The molecule has 1 N–H and O–H groups in total. The predicted octanol–water partition coefficient (Wildman–Crippen LogP) is 4.11. The molecule has 4 rings (SSSR count). The first-order valence-electron chi connectivity index (χ1n) is 6.72. The van der Waals surface area contributed by atoms with Crippen molar-refractivity contribution >= 4 is 11.3 Å². The minimum absolute atomic E-state index is 0.500. The lowest BCUT2D eigenvalue weighted by Crippen LogP contribution is -2.34. The fourth-order valence-corrected chi connectivity index (χ4v) is 4.49. The molecule has 1 nitrogen and oxygen atoms in total. The molecular weight excluding hydrogens is 238 g/mol. The Hall–Kier alpha value is -1.12. The molecule has 2 heterocycles. The van der Waals surface area contributed by atoms with E-state index in [1.54, 1.807) is 10.4 Å². The van der Waals surface area contributed by atoms with Crippen LogP contribution in [-0.2, 0) is 5.41 Å². The number of benzene rings is 1. The van der Waals surface area contributed by atoms with Gasteiger partial charge in [0.05, 0.1) is 0 Å². The van der Waals surface area contributed by atoms with E-state index in [-0.39, 0.29) is 0 Å². The highest BCUT2D eigenvalue weighted by molar-refractivity contribution is 7.15. The summed E-state index contributed by atoms with van der Waals surface area (Å²) in [5.41, 5.74) is 3.40. The van der Waals surface area contributed by atoms with E-state index in [1.165, 1.54) is 29.8 Å². The van der Waals surface area contributed by atoms with Crippen molar-refractivity contribution in [2.24, 2.45) is 0 Å². The van der Waals surface area contributed by atoms with Gasteiger partial charge in [0.2, 0.25) is 0 Å². The largest absolute Gasteiger partial charge is 0.309 e. The SMILES string of the molecule is CC1NCC2(CC2)c2sc(-c3ccccc3)cc21. The van der Waals surface area contributed by atoms with E-state index >= 15 is 0 Å². The highest BCUT2D eigenvalue weighted by Gasteiger charge is 2.49. The quantitative estimate of drug-likeness (QED) is 0.808. The molecule has 2 heteroatoms. The van der Waals surface area contributed by atoms with Gasteiger partial charge in [-0.15, -0.1) is 11.3 Å². The highest BCUT2D eigenvalue weighted by Crippen LogP contribution is 2.56. The Bertz CT molecular complexity index is 580. The fourth-order valence-electron chi connectivity index (χ4n) is 2.98. The van der Waals surface area contributed by atoms with Crippen molar-refractivity contribution in [1.29, 1.82) is 0 Å². The Morgan fingerprint density at radius 2 is 2.00 bits per heavy atom. The second-order valence-electron chi connectivity index (χ2n) is 5.64. The highest BCUT2D eigenvalue weighted by atomic mass is 32.1. The van der Waals surface area contributed by atoms with Gasteiger partial charge in [-0.25, -0.2) is 0 Å². The third-order valence-electron chi connectivity index (χ3n) is 4.37. The van der Waals surface area contributed by atoms with Crippen LogP contribution in [-0.4, -0.2) is 6.54 Å². The number of thiophene rings is 1. The van der Waals surface area contributed by atoms with Crippen molar-refractivity contribution in [1.82, 2.24) is 5.32 Å². The summed E-state index contributed by atoms with van der Waals surface area (Å²) < 4.78 is 0. The summed E-state index contributed by atoms with van der Waals surface area (Å²) in [5, 5.41) is 3.66. The Labute approximate surface area is 112 Å². The van der Waals surface area contributed by atoms with E-state index in [0.29, 0.717) is 11.5 Å². The van der Waals surface area contributed by atoms with Crippen LogP contribution in [0.5, 0.6) is 0 Å². The maximum atomic E-state index is 3.66. The lowest BCUT2D eigenvalue weighted by molar-refractivity contribution is 0.474. The number of hydrogen-bond donors (Lipinski definition) is 1. The molecule has 0 saturated heterocycles. The van der Waals surface area contributed by atoms with Crippen LogP contribution in [0, 0.1) is 0 Å². The van der Waals surface area contributed by atoms with Crippen LogP contribution >= 0.6 is 11.3 Å². The van der Waals surface area contributed by atoms with Crippen molar-refractivity contribution in [3.63, 3.8) is 0 Å². The molecule has 1 aliphatic heterocycles. The fraction of sp³-hybridized carbons (Fsp3) is 0.375. The normalized spacial score (nSPS) is 23.9. The van der Waals surface area contributed by atoms with Crippen LogP contribution in [0.25, 0.3) is 10.4 Å². The lowest BCUT2D eigenvalue weighted by Gasteiger charge is -2.27. The molecule has 0 radical (unpaired) electrons. The van der Waals surface area contributed by atoms with Gasteiger partial charge in [0.1, 0.15) is 0 Å². The summed E-state index contributed by atoms with van der Waals surface area (Å²) in [4.78, 5) is 3.09. The van der Waals surface area contributed by atoms with Crippen molar-refractivity contribution in [2.45, 2.75) is 31.2 Å². The molecule has 2 aromatic rings. The molecule has 1 aromatic heterocycles. The van der Waals surface area contributed by atoms with E-state index in [2.05, 4.69) is 48.6 Å². The molecule has 92 valence electrons. The molecule has 1 aliphatic carbocycles. The molecule has 1 unspecified atom stereocenters. The summed E-state index contributed by atoms with van der Waals surface area (Å²) in [6, 6.07) is 13.7. The molecule has 1 saturated carbocycles. The van der Waals surface area contributed by atoms with Gasteiger partial charge >= 0.3 is 0 Å². The number of fused-ring (bicyclic) bond motifs is 2. The second kappa shape index (κ2) is 3.69. The van der Waals surface area contributed by atoms with Crippen molar-refractivity contribution < 1.29 is 0 Å². The lowest BCUT2D eigenvalue weighted by atomic mass is 9.92. The van der Waals surface area contributed by atoms with Crippen molar-refractivity contribution in [3.8, 4) is 10.4 Å². The van der Waals surface area contributed by atoms with Gasteiger partial charge in [0.15, 0.2) is 0 Å². The second-order valence-corrected chi connectivity index (χ2v) is 6.70. The van der Waals surface area contributed by atoms with Crippen LogP contribution in [0.4, 0.5) is 0 Å². The first kappa shape index (κ1) is 10.8. The number of rotatable bonds is 1. The Balaban J connectivity index is 1.85. The Kier molecular flexibility index (Phi) is 2.21. The van der Waals surface area contributed by atoms with Crippen molar-refractivity contribution in [2.75, 3.05) is 6.54 Å². The van der Waals surface area contributed by atoms with Crippen LogP contribution in [0.1, 0.15) is 36.2 Å². The van der Waals surface area contributed by atoms with Crippen LogP contribution in [0.15, 0.2) is 36.4 Å². The maximum Gasteiger partial charge on any atom is 0.0349 e. The molecule has 1 aromatic carbocycles. The summed E-state index contributed by atoms with van der Waals surface area (Å²) in [5.74, 6) is 0. The monoisotopic (exact) mass is 255 g/mol. The molecule has 18 heavy (non-hydrogen) atoms. The zero-order valence-corrected chi connectivity index (χ0v) is 11.4. The minimum Gasteiger partial charge on any atom is -0.309 e. The van der Waals surface area contributed by atoms with Crippen LogP contribution in [0.2, 0.25) is 0 Å². The average molecular weight is 255 g/mol. The van der Waals surface area contributed by atoms with Gasteiger partial charge in [0, 0.05) is 27.8 Å². The van der Waals surface area contributed by atoms with E-state index in [1.807, 2.05) is 11.3 Å². The average Bonchev–Trinajstić information content (AvgIpc) is 3.04. The van der Waals surface area contributed by atoms with E-state index in [0.717, 1.165) is 0 Å². The van der Waals surface area contributed by atoms with Crippen LogP contribution < -0.4 is 5.32 Å². The zero-order chi connectivity index (χ0) is 12.2. The Morgan fingerprint density at radius 3 is 2.72 bits per heavy atom. The van der Waals surface area contributed by atoms with E-state index < -0.39 is 0 Å².